The number of aromatic nitrogens is 5. The van der Waals surface area contributed by atoms with E-state index in [1.54, 1.807) is 19.5 Å². The molecule has 0 amide bonds. The number of methoxy groups -OCH3 is 1. The van der Waals surface area contributed by atoms with Gasteiger partial charge in [0.25, 0.3) is 0 Å². The molecule has 0 spiro atoms. The van der Waals surface area contributed by atoms with E-state index in [-0.39, 0.29) is 6.04 Å². The lowest BCUT2D eigenvalue weighted by atomic mass is 10.1. The molecule has 0 fully saturated rings. The van der Waals surface area contributed by atoms with Crippen LogP contribution >= 0.6 is 0 Å². The van der Waals surface area contributed by atoms with E-state index in [2.05, 4.69) is 29.1 Å². The van der Waals surface area contributed by atoms with Gasteiger partial charge in [0.2, 0.25) is 5.88 Å². The molecule has 8 heteroatoms. The van der Waals surface area contributed by atoms with Crippen molar-refractivity contribution in [1.82, 2.24) is 24.7 Å². The van der Waals surface area contributed by atoms with Gasteiger partial charge in [-0.15, -0.1) is 0 Å². The van der Waals surface area contributed by atoms with Crippen LogP contribution in [-0.4, -0.2) is 38.4 Å². The molecule has 0 aliphatic carbocycles. The number of rotatable bonds is 8. The first-order valence-corrected chi connectivity index (χ1v) is 10.7. The molecule has 4 aromatic heterocycles. The molecule has 0 atom stereocenters. The molecule has 0 aromatic carbocycles. The summed E-state index contributed by atoms with van der Waals surface area (Å²) in [6, 6.07) is 9.84. The largest absolute Gasteiger partial charge is 0.497 e. The van der Waals surface area contributed by atoms with E-state index in [9.17, 15) is 0 Å². The van der Waals surface area contributed by atoms with E-state index < -0.39 is 0 Å². The maximum Gasteiger partial charge on any atom is 0.222 e. The predicted octanol–water partition coefficient (Wildman–Crippen LogP) is 4.80. The third kappa shape index (κ3) is 4.21. The van der Waals surface area contributed by atoms with Crippen molar-refractivity contribution in [3.8, 4) is 22.9 Å². The van der Waals surface area contributed by atoms with Gasteiger partial charge in [0, 0.05) is 24.5 Å². The van der Waals surface area contributed by atoms with Crippen molar-refractivity contribution >= 4 is 16.7 Å². The number of nitrogens with one attached hydrogen (secondary N) is 1. The van der Waals surface area contributed by atoms with Crippen molar-refractivity contribution in [2.24, 2.45) is 0 Å². The highest BCUT2D eigenvalue weighted by atomic mass is 16.5. The van der Waals surface area contributed by atoms with Gasteiger partial charge >= 0.3 is 0 Å². The van der Waals surface area contributed by atoms with E-state index in [4.69, 9.17) is 19.6 Å². The first-order valence-electron chi connectivity index (χ1n) is 10.7. The maximum atomic E-state index is 5.76. The van der Waals surface area contributed by atoms with E-state index in [0.717, 1.165) is 45.1 Å². The van der Waals surface area contributed by atoms with Gasteiger partial charge in [-0.3, -0.25) is 9.67 Å². The van der Waals surface area contributed by atoms with Crippen LogP contribution in [0.5, 0.6) is 11.6 Å². The molecule has 0 aliphatic heterocycles. The Morgan fingerprint density at radius 2 is 1.97 bits per heavy atom. The fourth-order valence-corrected chi connectivity index (χ4v) is 3.63. The van der Waals surface area contributed by atoms with Crippen molar-refractivity contribution in [3.63, 3.8) is 0 Å². The average Bonchev–Trinajstić information content (AvgIpc) is 3.15. The van der Waals surface area contributed by atoms with Crippen LogP contribution < -0.4 is 14.8 Å². The van der Waals surface area contributed by atoms with Gasteiger partial charge < -0.3 is 14.8 Å². The molecule has 32 heavy (non-hydrogen) atoms. The van der Waals surface area contributed by atoms with Gasteiger partial charge in [-0.1, -0.05) is 0 Å². The number of hydrogen-bond donors (Lipinski definition) is 1. The Morgan fingerprint density at radius 3 is 2.72 bits per heavy atom. The molecule has 8 nitrogen and oxygen atoms in total. The van der Waals surface area contributed by atoms with Crippen LogP contribution in [0.25, 0.3) is 22.3 Å². The number of anilines is 1. The van der Waals surface area contributed by atoms with Gasteiger partial charge in [0.05, 0.1) is 48.6 Å². The first-order chi connectivity index (χ1) is 15.5. The Balaban J connectivity index is 1.83. The molecule has 166 valence electrons. The van der Waals surface area contributed by atoms with Crippen molar-refractivity contribution in [2.45, 2.75) is 40.3 Å². The average molecular weight is 433 g/mol. The minimum Gasteiger partial charge on any atom is -0.497 e. The molecule has 0 bridgehead atoms. The van der Waals surface area contributed by atoms with Crippen LogP contribution in [0.1, 0.15) is 38.2 Å². The summed E-state index contributed by atoms with van der Waals surface area (Å²) in [5, 5.41) is 8.30. The van der Waals surface area contributed by atoms with Crippen LogP contribution in [0.3, 0.4) is 0 Å². The fraction of sp³-hybridized carbons (Fsp3) is 0.333. The molecule has 4 aromatic rings. The van der Waals surface area contributed by atoms with Crippen LogP contribution in [0.2, 0.25) is 0 Å². The normalized spacial score (nSPS) is 11.2. The van der Waals surface area contributed by atoms with Gasteiger partial charge in [-0.05, 0) is 52.0 Å². The lowest BCUT2D eigenvalue weighted by Crippen LogP contribution is -2.08. The summed E-state index contributed by atoms with van der Waals surface area (Å²) in [5.41, 5.74) is 6.11. The highest BCUT2D eigenvalue weighted by Gasteiger charge is 2.19. The molecule has 0 saturated carbocycles. The zero-order valence-electron chi connectivity index (χ0n) is 19.1. The van der Waals surface area contributed by atoms with Crippen molar-refractivity contribution in [2.75, 3.05) is 19.0 Å². The Bertz CT molecular complexity index is 1230. The predicted molar refractivity (Wildman–Crippen MR) is 125 cm³/mol. The number of ether oxygens (including phenoxy) is 2. The zero-order valence-corrected chi connectivity index (χ0v) is 19.1. The van der Waals surface area contributed by atoms with E-state index >= 15 is 0 Å². The standard InChI is InChI=1S/C24H28N6O2/c1-6-32-24-19(8-7-10-26-24)20-13-21(27-14-17-12-18(31-5)9-11-25-17)23-22(28-20)16(4)29-30(23)15(2)3/h7-13,15H,6,14H2,1-5H3,(H,27,28). The molecule has 4 heterocycles. The topological polar surface area (TPSA) is 87.0 Å². The third-order valence-corrected chi connectivity index (χ3v) is 5.12. The van der Waals surface area contributed by atoms with E-state index in [1.807, 2.05) is 48.9 Å². The highest BCUT2D eigenvalue weighted by molar-refractivity contribution is 5.93. The Labute approximate surface area is 187 Å². The summed E-state index contributed by atoms with van der Waals surface area (Å²) in [5.74, 6) is 1.34. The SMILES string of the molecule is CCOc1ncccc1-c1cc(NCc2cc(OC)ccn2)c2c(n1)c(C)nn2C(C)C. The number of hydrogen-bond acceptors (Lipinski definition) is 7. The highest BCUT2D eigenvalue weighted by Crippen LogP contribution is 2.34. The molecule has 0 saturated heterocycles. The summed E-state index contributed by atoms with van der Waals surface area (Å²) < 4.78 is 13.1. The molecular formula is C24H28N6O2. The second kappa shape index (κ2) is 9.21. The van der Waals surface area contributed by atoms with Gasteiger partial charge in [0.1, 0.15) is 16.8 Å². The number of pyridine rings is 3. The van der Waals surface area contributed by atoms with Crippen LogP contribution in [0, 0.1) is 6.92 Å². The Kier molecular flexibility index (Phi) is 6.20. The van der Waals surface area contributed by atoms with Gasteiger partial charge in [-0.2, -0.15) is 5.10 Å². The number of aryl methyl sites for hydroxylation is 1. The van der Waals surface area contributed by atoms with Crippen molar-refractivity contribution in [3.05, 3.63) is 54.1 Å². The Hall–Kier alpha value is -3.68. The lowest BCUT2D eigenvalue weighted by molar-refractivity contribution is 0.328. The Morgan fingerprint density at radius 1 is 1.12 bits per heavy atom. The molecule has 0 unspecified atom stereocenters. The third-order valence-electron chi connectivity index (χ3n) is 5.12. The summed E-state index contributed by atoms with van der Waals surface area (Å²) in [7, 11) is 1.65. The van der Waals surface area contributed by atoms with Crippen molar-refractivity contribution in [1.29, 1.82) is 0 Å². The molecule has 1 N–H and O–H groups in total. The summed E-state index contributed by atoms with van der Waals surface area (Å²) in [6.45, 7) is 9.22. The second-order valence-corrected chi connectivity index (χ2v) is 7.71. The lowest BCUT2D eigenvalue weighted by Gasteiger charge is -2.15. The van der Waals surface area contributed by atoms with E-state index in [0.29, 0.717) is 19.0 Å². The van der Waals surface area contributed by atoms with Crippen LogP contribution in [-0.2, 0) is 6.54 Å². The van der Waals surface area contributed by atoms with Crippen LogP contribution in [0.15, 0.2) is 42.7 Å². The minimum absolute atomic E-state index is 0.187. The maximum absolute atomic E-state index is 5.76. The summed E-state index contributed by atoms with van der Waals surface area (Å²) >= 11 is 0. The van der Waals surface area contributed by atoms with Gasteiger partial charge in [0.15, 0.2) is 0 Å². The summed E-state index contributed by atoms with van der Waals surface area (Å²) in [6.07, 6.45) is 3.47. The molecule has 4 rings (SSSR count). The number of fused-ring (bicyclic) bond motifs is 1. The van der Waals surface area contributed by atoms with Gasteiger partial charge in [-0.25, -0.2) is 9.97 Å². The first kappa shape index (κ1) is 21.5. The van der Waals surface area contributed by atoms with E-state index in [1.165, 1.54) is 0 Å². The second-order valence-electron chi connectivity index (χ2n) is 7.71. The quantitative estimate of drug-likeness (QED) is 0.428. The molecule has 0 radical (unpaired) electrons. The van der Waals surface area contributed by atoms with Crippen LogP contribution in [0.4, 0.5) is 5.69 Å². The molecule has 0 aliphatic rings. The number of nitrogens with zero attached hydrogens (tertiary/aromatic N) is 5. The minimum atomic E-state index is 0.187. The van der Waals surface area contributed by atoms with Crippen molar-refractivity contribution < 1.29 is 9.47 Å². The fourth-order valence-electron chi connectivity index (χ4n) is 3.63. The zero-order chi connectivity index (χ0) is 22.7. The monoisotopic (exact) mass is 432 g/mol. The smallest absolute Gasteiger partial charge is 0.222 e. The summed E-state index contributed by atoms with van der Waals surface area (Å²) in [4.78, 5) is 13.8. The molecular weight excluding hydrogens is 404 g/mol.